The summed E-state index contributed by atoms with van der Waals surface area (Å²) in [5.41, 5.74) is 0. The zero-order valence-corrected chi connectivity index (χ0v) is 5.40. The van der Waals surface area contributed by atoms with Crippen molar-refractivity contribution in [3.63, 3.8) is 0 Å². The fourth-order valence-corrected chi connectivity index (χ4v) is 0.696. The third-order valence-corrected chi connectivity index (χ3v) is 0.985. The van der Waals surface area contributed by atoms with Crippen LogP contribution in [0.4, 0.5) is 0 Å². The Hall–Kier alpha value is 0.440. The first-order valence-electron chi connectivity index (χ1n) is 2.09. The Labute approximate surface area is 46.5 Å². The van der Waals surface area contributed by atoms with Gasteiger partial charge in [0, 0.05) is 0 Å². The van der Waals surface area contributed by atoms with Crippen LogP contribution in [-0.4, -0.2) is 10.1 Å². The highest BCUT2D eigenvalue weighted by atomic mass is 79.9. The molecule has 0 heterocycles. The van der Waals surface area contributed by atoms with E-state index >= 15 is 0 Å². The van der Waals surface area contributed by atoms with E-state index in [0.717, 1.165) is 12.8 Å². The molecule has 1 unspecified atom stereocenters. The predicted molar refractivity (Wildman–Crippen MR) is 29.8 cm³/mol. The lowest BCUT2D eigenvalue weighted by atomic mass is 10.4. The van der Waals surface area contributed by atoms with Gasteiger partial charge < -0.3 is 5.11 Å². The molecule has 0 spiro atoms. The minimum absolute atomic E-state index is 0.289. The van der Waals surface area contributed by atoms with Gasteiger partial charge in [0.2, 0.25) is 0 Å². The highest BCUT2D eigenvalue weighted by Crippen LogP contribution is 2.01. The summed E-state index contributed by atoms with van der Waals surface area (Å²) in [6, 6.07) is 0. The number of hydrogen-bond acceptors (Lipinski definition) is 1. The van der Waals surface area contributed by atoms with E-state index in [4.69, 9.17) is 5.11 Å². The molecular formula is C4H9BrO. The minimum Gasteiger partial charge on any atom is -0.382 e. The van der Waals surface area contributed by atoms with Crippen LogP contribution in [-0.2, 0) is 0 Å². The lowest BCUT2D eigenvalue weighted by Crippen LogP contribution is -1.90. The zero-order valence-electron chi connectivity index (χ0n) is 3.82. The second-order valence-electron chi connectivity index (χ2n) is 1.22. The molecule has 2 heteroatoms. The van der Waals surface area contributed by atoms with Gasteiger partial charge in [-0.15, -0.1) is 0 Å². The van der Waals surface area contributed by atoms with Gasteiger partial charge in [0.25, 0.3) is 0 Å². The van der Waals surface area contributed by atoms with Crippen LogP contribution in [0.1, 0.15) is 19.8 Å². The maximum absolute atomic E-state index is 8.47. The normalized spacial score (nSPS) is 14.5. The molecule has 38 valence electrons. The van der Waals surface area contributed by atoms with Gasteiger partial charge in [0.05, 0.1) is 0 Å². The number of hydrogen-bond donors (Lipinski definition) is 1. The predicted octanol–water partition coefficient (Wildman–Crippen LogP) is 1.50. The van der Waals surface area contributed by atoms with Gasteiger partial charge in [0.1, 0.15) is 5.01 Å². The molecule has 0 aliphatic carbocycles. The number of aliphatic hydroxyl groups is 1. The summed E-state index contributed by atoms with van der Waals surface area (Å²) >= 11 is 2.99. The molecule has 0 aromatic carbocycles. The summed E-state index contributed by atoms with van der Waals surface area (Å²) in [5, 5.41) is 8.18. The summed E-state index contributed by atoms with van der Waals surface area (Å²) in [6.07, 6.45) is 1.88. The number of rotatable bonds is 2. The van der Waals surface area contributed by atoms with Crippen molar-refractivity contribution >= 4 is 15.9 Å². The van der Waals surface area contributed by atoms with Crippen LogP contribution in [0.15, 0.2) is 0 Å². The van der Waals surface area contributed by atoms with Gasteiger partial charge in [-0.2, -0.15) is 0 Å². The Morgan fingerprint density at radius 1 is 1.83 bits per heavy atom. The largest absolute Gasteiger partial charge is 0.382 e. The Bertz CT molecular complexity index is 28.7. The maximum atomic E-state index is 8.47. The Morgan fingerprint density at radius 2 is 2.33 bits per heavy atom. The molecule has 0 aromatic heterocycles. The molecular weight excluding hydrogens is 144 g/mol. The Balaban J connectivity index is 2.63. The third kappa shape index (κ3) is 4.44. The molecule has 6 heavy (non-hydrogen) atoms. The van der Waals surface area contributed by atoms with E-state index in [-0.39, 0.29) is 5.01 Å². The van der Waals surface area contributed by atoms with Crippen LogP contribution in [0.25, 0.3) is 0 Å². The average Bonchev–Trinajstić information content (AvgIpc) is 1.35. The molecule has 1 N–H and O–H groups in total. The summed E-state index contributed by atoms with van der Waals surface area (Å²) in [5.74, 6) is 0. The molecule has 0 rings (SSSR count). The highest BCUT2D eigenvalue weighted by Gasteiger charge is 1.89. The average molecular weight is 153 g/mol. The Morgan fingerprint density at radius 3 is 2.33 bits per heavy atom. The topological polar surface area (TPSA) is 20.2 Å². The quantitative estimate of drug-likeness (QED) is 0.596. The van der Waals surface area contributed by atoms with Gasteiger partial charge in [-0.05, 0) is 6.42 Å². The number of halogens is 1. The van der Waals surface area contributed by atoms with E-state index < -0.39 is 0 Å². The van der Waals surface area contributed by atoms with Crippen molar-refractivity contribution < 1.29 is 5.11 Å². The lowest BCUT2D eigenvalue weighted by molar-refractivity contribution is 0.258. The molecule has 1 nitrogen and oxygen atoms in total. The first-order chi connectivity index (χ1) is 2.77. The van der Waals surface area contributed by atoms with Crippen LogP contribution < -0.4 is 0 Å². The fraction of sp³-hybridized carbons (Fsp3) is 1.00. The molecule has 0 fully saturated rings. The molecule has 0 saturated carbocycles. The van der Waals surface area contributed by atoms with Crippen LogP contribution >= 0.6 is 15.9 Å². The molecule has 0 aromatic rings. The number of alkyl halides is 1. The minimum atomic E-state index is -0.289. The zero-order chi connectivity index (χ0) is 4.99. The molecule has 0 amide bonds. The highest BCUT2D eigenvalue weighted by molar-refractivity contribution is 9.09. The summed E-state index contributed by atoms with van der Waals surface area (Å²) in [6.45, 7) is 2.03. The van der Waals surface area contributed by atoms with Crippen molar-refractivity contribution in [2.24, 2.45) is 0 Å². The van der Waals surface area contributed by atoms with Crippen LogP contribution in [0.5, 0.6) is 0 Å². The molecule has 0 aliphatic rings. The second-order valence-corrected chi connectivity index (χ2v) is 2.28. The van der Waals surface area contributed by atoms with Gasteiger partial charge in [-0.1, -0.05) is 29.3 Å². The van der Waals surface area contributed by atoms with Gasteiger partial charge in [-0.3, -0.25) is 0 Å². The molecule has 1 atom stereocenters. The number of aliphatic hydroxyl groups excluding tert-OH is 1. The van der Waals surface area contributed by atoms with E-state index in [0.29, 0.717) is 0 Å². The summed E-state index contributed by atoms with van der Waals surface area (Å²) in [4.78, 5) is 0. The smallest absolute Gasteiger partial charge is 0.109 e. The van der Waals surface area contributed by atoms with Crippen molar-refractivity contribution in [2.45, 2.75) is 24.8 Å². The van der Waals surface area contributed by atoms with E-state index in [1.54, 1.807) is 0 Å². The van der Waals surface area contributed by atoms with Crippen molar-refractivity contribution in [1.82, 2.24) is 0 Å². The molecule has 0 aliphatic heterocycles. The van der Waals surface area contributed by atoms with Gasteiger partial charge in [0.15, 0.2) is 0 Å². The van der Waals surface area contributed by atoms with Crippen LogP contribution in [0.2, 0.25) is 0 Å². The standard InChI is InChI=1S/C4H9BrO/c1-2-3-4(5)6/h4,6H,2-3H2,1H3. The van der Waals surface area contributed by atoms with E-state index in [2.05, 4.69) is 15.9 Å². The van der Waals surface area contributed by atoms with Gasteiger partial charge in [-0.25, -0.2) is 0 Å². The second kappa shape index (κ2) is 3.62. The van der Waals surface area contributed by atoms with Crippen LogP contribution in [0, 0.1) is 0 Å². The van der Waals surface area contributed by atoms with E-state index in [1.165, 1.54) is 0 Å². The van der Waals surface area contributed by atoms with Crippen molar-refractivity contribution in [3.8, 4) is 0 Å². The van der Waals surface area contributed by atoms with E-state index in [9.17, 15) is 0 Å². The maximum Gasteiger partial charge on any atom is 0.109 e. The monoisotopic (exact) mass is 152 g/mol. The molecule has 0 saturated heterocycles. The van der Waals surface area contributed by atoms with Crippen molar-refractivity contribution in [2.75, 3.05) is 0 Å². The van der Waals surface area contributed by atoms with E-state index in [1.807, 2.05) is 6.92 Å². The van der Waals surface area contributed by atoms with Crippen LogP contribution in [0.3, 0.4) is 0 Å². The van der Waals surface area contributed by atoms with Gasteiger partial charge >= 0.3 is 0 Å². The van der Waals surface area contributed by atoms with Crippen molar-refractivity contribution in [3.05, 3.63) is 0 Å². The SMILES string of the molecule is CCCC(O)Br. The molecule has 0 radical (unpaired) electrons. The fourth-order valence-electron chi connectivity index (χ4n) is 0.238. The summed E-state index contributed by atoms with van der Waals surface area (Å²) < 4.78 is 0. The summed E-state index contributed by atoms with van der Waals surface area (Å²) in [7, 11) is 0. The van der Waals surface area contributed by atoms with Crippen molar-refractivity contribution in [1.29, 1.82) is 0 Å². The first-order valence-corrected chi connectivity index (χ1v) is 3.01. The lowest BCUT2D eigenvalue weighted by Gasteiger charge is -1.93. The Kier molecular flexibility index (Phi) is 3.89. The first kappa shape index (κ1) is 6.44. The molecule has 0 bridgehead atoms. The third-order valence-electron chi connectivity index (χ3n) is 0.527.